The van der Waals surface area contributed by atoms with E-state index in [0.29, 0.717) is 0 Å². The number of halogens is 1. The largest absolute Gasteiger partial charge is 1.00 e. The van der Waals surface area contributed by atoms with Gasteiger partial charge in [-0.1, -0.05) is 30.3 Å². The SMILES string of the molecule is CCN(CC)c1ccc2nc3ccccc3[n+](-c3ccccc3)c2c1.[Cl-]. The Bertz CT molecular complexity index is 1030. The van der Waals surface area contributed by atoms with E-state index >= 15 is 0 Å². The van der Waals surface area contributed by atoms with Crippen molar-refractivity contribution in [3.8, 4) is 5.69 Å². The Morgan fingerprint density at radius 1 is 0.769 bits per heavy atom. The van der Waals surface area contributed by atoms with Crippen molar-refractivity contribution in [2.45, 2.75) is 13.8 Å². The van der Waals surface area contributed by atoms with Crippen LogP contribution in [-0.2, 0) is 0 Å². The molecule has 4 aromatic rings. The van der Waals surface area contributed by atoms with Gasteiger partial charge in [-0.25, -0.2) is 4.98 Å². The summed E-state index contributed by atoms with van der Waals surface area (Å²) in [7, 11) is 0. The number of aromatic nitrogens is 2. The summed E-state index contributed by atoms with van der Waals surface area (Å²) in [6, 6.07) is 25.4. The summed E-state index contributed by atoms with van der Waals surface area (Å²) in [6.07, 6.45) is 0. The summed E-state index contributed by atoms with van der Waals surface area (Å²) < 4.78 is 2.31. The summed E-state index contributed by atoms with van der Waals surface area (Å²) >= 11 is 0. The number of fused-ring (bicyclic) bond motifs is 2. The Morgan fingerprint density at radius 2 is 1.42 bits per heavy atom. The smallest absolute Gasteiger partial charge is 0.239 e. The van der Waals surface area contributed by atoms with E-state index in [4.69, 9.17) is 4.98 Å². The van der Waals surface area contributed by atoms with Crippen LogP contribution in [0.4, 0.5) is 5.69 Å². The van der Waals surface area contributed by atoms with Gasteiger partial charge in [-0.05, 0) is 32.0 Å². The summed E-state index contributed by atoms with van der Waals surface area (Å²) in [5.74, 6) is 0. The van der Waals surface area contributed by atoms with Crippen molar-refractivity contribution in [2.75, 3.05) is 18.0 Å². The first-order valence-electron chi connectivity index (χ1n) is 8.86. The Kier molecular flexibility index (Phi) is 5.38. The fraction of sp³-hybridized carbons (Fsp3) is 0.182. The first-order valence-corrected chi connectivity index (χ1v) is 8.86. The fourth-order valence-electron chi connectivity index (χ4n) is 3.43. The predicted molar refractivity (Wildman–Crippen MR) is 104 cm³/mol. The molecule has 3 aromatic carbocycles. The number of anilines is 1. The molecule has 4 heteroatoms. The van der Waals surface area contributed by atoms with E-state index in [0.717, 1.165) is 40.8 Å². The fourth-order valence-corrected chi connectivity index (χ4v) is 3.43. The molecule has 0 fully saturated rings. The van der Waals surface area contributed by atoms with Gasteiger partial charge in [0.25, 0.3) is 0 Å². The maximum Gasteiger partial charge on any atom is 0.239 e. The zero-order valence-electron chi connectivity index (χ0n) is 15.1. The molecule has 0 radical (unpaired) electrons. The van der Waals surface area contributed by atoms with Crippen LogP contribution in [0.25, 0.3) is 27.8 Å². The number of benzene rings is 3. The lowest BCUT2D eigenvalue weighted by Gasteiger charge is -2.20. The average molecular weight is 364 g/mol. The third-order valence-electron chi connectivity index (χ3n) is 4.71. The second kappa shape index (κ2) is 7.71. The van der Waals surface area contributed by atoms with E-state index in [9.17, 15) is 0 Å². The van der Waals surface area contributed by atoms with Gasteiger partial charge in [0.1, 0.15) is 11.0 Å². The van der Waals surface area contributed by atoms with E-state index in [1.54, 1.807) is 0 Å². The molecule has 0 aliphatic rings. The standard InChI is InChI=1S/C22H22N3.ClH/c1-3-24(4-2)18-14-15-20-22(16-18)25(17-10-6-5-7-11-17)21-13-9-8-12-19(21)23-20;/h5-16H,3-4H2,1-2H3;1H/q+1;/p-1. The molecule has 4 rings (SSSR count). The van der Waals surface area contributed by atoms with Gasteiger partial charge in [-0.15, -0.1) is 4.57 Å². The van der Waals surface area contributed by atoms with Crippen molar-refractivity contribution < 1.29 is 17.0 Å². The molecule has 0 N–H and O–H groups in total. The first kappa shape index (κ1) is 18.2. The Morgan fingerprint density at radius 3 is 2.15 bits per heavy atom. The van der Waals surface area contributed by atoms with Crippen molar-refractivity contribution in [2.24, 2.45) is 0 Å². The van der Waals surface area contributed by atoms with Crippen molar-refractivity contribution in [1.29, 1.82) is 0 Å². The van der Waals surface area contributed by atoms with Crippen molar-refractivity contribution >= 4 is 27.8 Å². The van der Waals surface area contributed by atoms with Gasteiger partial charge < -0.3 is 17.3 Å². The van der Waals surface area contributed by atoms with Crippen LogP contribution in [0.5, 0.6) is 0 Å². The highest BCUT2D eigenvalue weighted by Gasteiger charge is 2.19. The van der Waals surface area contributed by atoms with Gasteiger partial charge in [0.15, 0.2) is 0 Å². The highest BCUT2D eigenvalue weighted by molar-refractivity contribution is 5.84. The third kappa shape index (κ3) is 3.11. The van der Waals surface area contributed by atoms with Crippen molar-refractivity contribution in [3.05, 3.63) is 72.8 Å². The normalized spacial score (nSPS) is 10.7. The highest BCUT2D eigenvalue weighted by atomic mass is 35.5. The van der Waals surface area contributed by atoms with Gasteiger partial charge in [0.2, 0.25) is 16.7 Å². The molecule has 26 heavy (non-hydrogen) atoms. The van der Waals surface area contributed by atoms with Crippen LogP contribution in [0.2, 0.25) is 0 Å². The molecule has 1 aromatic heterocycles. The van der Waals surface area contributed by atoms with Crippen molar-refractivity contribution in [1.82, 2.24) is 4.98 Å². The summed E-state index contributed by atoms with van der Waals surface area (Å²) in [5.41, 5.74) is 6.67. The van der Waals surface area contributed by atoms with E-state index in [1.807, 2.05) is 6.07 Å². The monoisotopic (exact) mass is 363 g/mol. The van der Waals surface area contributed by atoms with E-state index < -0.39 is 0 Å². The van der Waals surface area contributed by atoms with E-state index in [1.165, 1.54) is 5.69 Å². The minimum absolute atomic E-state index is 0. The first-order chi connectivity index (χ1) is 12.3. The maximum atomic E-state index is 4.88. The number of hydrogen-bond acceptors (Lipinski definition) is 2. The van der Waals surface area contributed by atoms with Gasteiger partial charge in [0.05, 0.1) is 0 Å². The molecule has 3 nitrogen and oxygen atoms in total. The van der Waals surface area contributed by atoms with E-state index in [2.05, 4.69) is 90.0 Å². The molecule has 0 aliphatic carbocycles. The minimum Gasteiger partial charge on any atom is -1.00 e. The number of hydrogen-bond donors (Lipinski definition) is 0. The summed E-state index contributed by atoms with van der Waals surface area (Å²) in [5, 5.41) is 0. The molecule has 0 spiro atoms. The van der Waals surface area contributed by atoms with Crippen LogP contribution < -0.4 is 21.9 Å². The molecular formula is C22H22ClN3. The highest BCUT2D eigenvalue weighted by Crippen LogP contribution is 2.22. The molecule has 0 atom stereocenters. The molecule has 1 heterocycles. The lowest BCUT2D eigenvalue weighted by Crippen LogP contribution is -3.00. The Labute approximate surface area is 160 Å². The van der Waals surface area contributed by atoms with Crippen LogP contribution in [-0.4, -0.2) is 18.1 Å². The van der Waals surface area contributed by atoms with Crippen LogP contribution in [0.15, 0.2) is 72.8 Å². The lowest BCUT2D eigenvalue weighted by atomic mass is 10.2. The maximum absolute atomic E-state index is 4.88. The van der Waals surface area contributed by atoms with Gasteiger partial charge >= 0.3 is 0 Å². The average Bonchev–Trinajstić information content (AvgIpc) is 2.67. The molecule has 132 valence electrons. The van der Waals surface area contributed by atoms with Crippen LogP contribution >= 0.6 is 0 Å². The number of rotatable bonds is 4. The number of nitrogens with zero attached hydrogens (tertiary/aromatic N) is 3. The topological polar surface area (TPSA) is 20.0 Å². The quantitative estimate of drug-likeness (QED) is 0.404. The summed E-state index contributed by atoms with van der Waals surface area (Å²) in [4.78, 5) is 7.24. The Hall–Kier alpha value is -2.65. The van der Waals surface area contributed by atoms with Crippen molar-refractivity contribution in [3.63, 3.8) is 0 Å². The molecule has 0 saturated carbocycles. The zero-order chi connectivity index (χ0) is 17.2. The molecule has 0 bridgehead atoms. The zero-order valence-corrected chi connectivity index (χ0v) is 15.8. The minimum atomic E-state index is 0. The van der Waals surface area contributed by atoms with Gasteiger partial charge in [-0.2, -0.15) is 0 Å². The van der Waals surface area contributed by atoms with Crippen LogP contribution in [0.3, 0.4) is 0 Å². The van der Waals surface area contributed by atoms with Crippen LogP contribution in [0, 0.1) is 0 Å². The van der Waals surface area contributed by atoms with Crippen LogP contribution in [0.1, 0.15) is 13.8 Å². The predicted octanol–water partition coefficient (Wildman–Crippen LogP) is 1.51. The number of para-hydroxylation sites is 3. The Balaban J connectivity index is 0.00000196. The molecule has 0 unspecified atom stereocenters. The molecular weight excluding hydrogens is 342 g/mol. The third-order valence-corrected chi connectivity index (χ3v) is 4.71. The molecule has 0 aliphatic heterocycles. The van der Waals surface area contributed by atoms with E-state index in [-0.39, 0.29) is 12.4 Å². The van der Waals surface area contributed by atoms with Gasteiger partial charge in [-0.3, -0.25) is 0 Å². The lowest BCUT2D eigenvalue weighted by molar-refractivity contribution is -0.538. The second-order valence-electron chi connectivity index (χ2n) is 6.12. The molecule has 0 saturated heterocycles. The van der Waals surface area contributed by atoms with Gasteiger partial charge in [0, 0.05) is 43.0 Å². The summed E-state index contributed by atoms with van der Waals surface area (Å²) in [6.45, 7) is 6.37. The second-order valence-corrected chi connectivity index (χ2v) is 6.12. The molecule has 0 amide bonds.